The van der Waals surface area contributed by atoms with Crippen LogP contribution in [0.25, 0.3) is 0 Å². The zero-order chi connectivity index (χ0) is 12.4. The molecule has 1 heterocycles. The Morgan fingerprint density at radius 1 is 1.41 bits per heavy atom. The van der Waals surface area contributed by atoms with Crippen LogP contribution in [-0.4, -0.2) is 25.7 Å². The van der Waals surface area contributed by atoms with Crippen LogP contribution in [0.5, 0.6) is 5.75 Å². The van der Waals surface area contributed by atoms with Crippen molar-refractivity contribution in [1.82, 2.24) is 0 Å². The van der Waals surface area contributed by atoms with Gasteiger partial charge in [-0.2, -0.15) is 0 Å². The predicted molar refractivity (Wildman–Crippen MR) is 55.9 cm³/mol. The number of carboxylic acids is 1. The zero-order valence-electron chi connectivity index (χ0n) is 9.32. The van der Waals surface area contributed by atoms with Gasteiger partial charge in [-0.05, 0) is 25.0 Å². The number of hydrogen-bond acceptors (Lipinski definition) is 5. The van der Waals surface area contributed by atoms with Crippen LogP contribution in [-0.2, 0) is 11.2 Å². The first-order valence-corrected chi connectivity index (χ1v) is 5.23. The van der Waals surface area contributed by atoms with E-state index in [0.29, 0.717) is 24.3 Å². The minimum Gasteiger partial charge on any atom is -0.545 e. The largest absolute Gasteiger partial charge is 0.545 e. The van der Waals surface area contributed by atoms with E-state index in [1.165, 1.54) is 19.2 Å². The zero-order valence-corrected chi connectivity index (χ0v) is 9.32. The van der Waals surface area contributed by atoms with E-state index in [1.54, 1.807) is 0 Å². The van der Waals surface area contributed by atoms with Crippen LogP contribution in [0.3, 0.4) is 0 Å². The Bertz CT molecular complexity index is 478. The van der Waals surface area contributed by atoms with Crippen LogP contribution >= 0.6 is 0 Å². The summed E-state index contributed by atoms with van der Waals surface area (Å²) in [7, 11) is 1.25. The molecule has 0 N–H and O–H groups in total. The molecule has 0 spiro atoms. The lowest BCUT2D eigenvalue weighted by atomic mass is 9.97. The van der Waals surface area contributed by atoms with E-state index < -0.39 is 11.9 Å². The molecule has 0 aromatic heterocycles. The molecule has 0 bridgehead atoms. The van der Waals surface area contributed by atoms with E-state index in [2.05, 4.69) is 4.74 Å². The molecule has 1 aromatic carbocycles. The van der Waals surface area contributed by atoms with Gasteiger partial charge in [-0.15, -0.1) is 0 Å². The van der Waals surface area contributed by atoms with Gasteiger partial charge in [0, 0.05) is 11.1 Å². The van der Waals surface area contributed by atoms with E-state index in [9.17, 15) is 14.7 Å². The Hall–Kier alpha value is -2.04. The van der Waals surface area contributed by atoms with Crippen molar-refractivity contribution in [3.8, 4) is 5.75 Å². The molecule has 5 heteroatoms. The van der Waals surface area contributed by atoms with Crippen molar-refractivity contribution >= 4 is 11.9 Å². The van der Waals surface area contributed by atoms with Crippen molar-refractivity contribution in [2.24, 2.45) is 0 Å². The molecular weight excluding hydrogens is 224 g/mol. The van der Waals surface area contributed by atoms with Gasteiger partial charge in [0.2, 0.25) is 0 Å². The SMILES string of the molecule is COC(=O)c1cc(C(=O)[O-])cc2c1CCCO2. The minimum absolute atomic E-state index is 0.0777. The van der Waals surface area contributed by atoms with Crippen LogP contribution in [0.1, 0.15) is 32.7 Å². The summed E-state index contributed by atoms with van der Waals surface area (Å²) in [5.41, 5.74) is 0.864. The molecule has 17 heavy (non-hydrogen) atoms. The maximum absolute atomic E-state index is 11.6. The molecule has 1 aliphatic heterocycles. The average molecular weight is 235 g/mol. The molecule has 2 rings (SSSR count). The van der Waals surface area contributed by atoms with E-state index in [0.717, 1.165) is 6.42 Å². The fraction of sp³-hybridized carbons (Fsp3) is 0.333. The second kappa shape index (κ2) is 4.45. The number of carboxylic acid groups (broad SMARTS) is 1. The lowest BCUT2D eigenvalue weighted by molar-refractivity contribution is -0.255. The molecule has 0 saturated carbocycles. The summed E-state index contributed by atoms with van der Waals surface area (Å²) in [6.07, 6.45) is 1.47. The van der Waals surface area contributed by atoms with Gasteiger partial charge in [0.1, 0.15) is 5.75 Å². The first-order valence-electron chi connectivity index (χ1n) is 5.23. The van der Waals surface area contributed by atoms with Crippen molar-refractivity contribution in [1.29, 1.82) is 0 Å². The molecule has 1 aromatic rings. The number of rotatable bonds is 2. The van der Waals surface area contributed by atoms with Crippen LogP contribution in [0.15, 0.2) is 12.1 Å². The number of ether oxygens (including phenoxy) is 2. The molecule has 0 amide bonds. The number of carbonyl (C=O) groups is 2. The maximum atomic E-state index is 11.6. The topological polar surface area (TPSA) is 75.7 Å². The summed E-state index contributed by atoms with van der Waals surface area (Å²) in [6.45, 7) is 0.518. The summed E-state index contributed by atoms with van der Waals surface area (Å²) in [4.78, 5) is 22.4. The fourth-order valence-electron chi connectivity index (χ4n) is 1.87. The molecule has 1 aliphatic rings. The Morgan fingerprint density at radius 3 is 2.82 bits per heavy atom. The highest BCUT2D eigenvalue weighted by molar-refractivity contribution is 5.96. The van der Waals surface area contributed by atoms with Gasteiger partial charge in [0.05, 0.1) is 25.2 Å². The van der Waals surface area contributed by atoms with E-state index in [1.807, 2.05) is 0 Å². The normalized spacial score (nSPS) is 13.5. The number of carbonyl (C=O) groups excluding carboxylic acids is 2. The van der Waals surface area contributed by atoms with Gasteiger partial charge in [-0.3, -0.25) is 0 Å². The second-order valence-electron chi connectivity index (χ2n) is 3.73. The summed E-state index contributed by atoms with van der Waals surface area (Å²) < 4.78 is 9.98. The van der Waals surface area contributed by atoms with Crippen LogP contribution in [0.4, 0.5) is 0 Å². The Balaban J connectivity index is 2.58. The highest BCUT2D eigenvalue weighted by atomic mass is 16.5. The molecule has 0 atom stereocenters. The smallest absolute Gasteiger partial charge is 0.338 e. The molecule has 0 unspecified atom stereocenters. The standard InChI is InChI=1S/C12H12O5/c1-16-12(15)9-5-7(11(13)14)6-10-8(9)3-2-4-17-10/h5-6H,2-4H2,1H3,(H,13,14)/p-1. The van der Waals surface area contributed by atoms with Gasteiger partial charge >= 0.3 is 5.97 Å². The van der Waals surface area contributed by atoms with Gasteiger partial charge in [-0.25, -0.2) is 4.79 Å². The van der Waals surface area contributed by atoms with E-state index in [-0.39, 0.29) is 11.1 Å². The number of fused-ring (bicyclic) bond motifs is 1. The van der Waals surface area contributed by atoms with Crippen molar-refractivity contribution in [2.45, 2.75) is 12.8 Å². The quantitative estimate of drug-likeness (QED) is 0.682. The van der Waals surface area contributed by atoms with Gasteiger partial charge in [-0.1, -0.05) is 0 Å². The summed E-state index contributed by atoms with van der Waals surface area (Å²) in [5, 5.41) is 10.8. The number of hydrogen-bond donors (Lipinski definition) is 0. The van der Waals surface area contributed by atoms with E-state index >= 15 is 0 Å². The lowest BCUT2D eigenvalue weighted by Gasteiger charge is -2.21. The van der Waals surface area contributed by atoms with Crippen molar-refractivity contribution in [3.05, 3.63) is 28.8 Å². The summed E-state index contributed by atoms with van der Waals surface area (Å²) >= 11 is 0. The second-order valence-corrected chi connectivity index (χ2v) is 3.73. The summed E-state index contributed by atoms with van der Waals surface area (Å²) in [5.74, 6) is -1.47. The Morgan fingerprint density at radius 2 is 2.18 bits per heavy atom. The number of methoxy groups -OCH3 is 1. The van der Waals surface area contributed by atoms with Gasteiger partial charge in [0.15, 0.2) is 0 Å². The predicted octanol–water partition coefficient (Wildman–Crippen LogP) is 0.162. The third-order valence-corrected chi connectivity index (χ3v) is 2.68. The number of esters is 1. The molecule has 0 fully saturated rings. The first-order chi connectivity index (χ1) is 8.13. The lowest BCUT2D eigenvalue weighted by Crippen LogP contribution is -2.24. The average Bonchev–Trinajstić information content (AvgIpc) is 2.36. The highest BCUT2D eigenvalue weighted by Gasteiger charge is 2.21. The molecular formula is C12H11O5-. The molecule has 0 saturated heterocycles. The Labute approximate surface area is 98.0 Å². The van der Waals surface area contributed by atoms with Crippen molar-refractivity contribution in [2.75, 3.05) is 13.7 Å². The molecule has 5 nitrogen and oxygen atoms in total. The number of aromatic carboxylic acids is 1. The minimum atomic E-state index is -1.34. The molecule has 0 aliphatic carbocycles. The highest BCUT2D eigenvalue weighted by Crippen LogP contribution is 2.30. The van der Waals surface area contributed by atoms with Crippen molar-refractivity contribution < 1.29 is 24.2 Å². The molecule has 0 radical (unpaired) electrons. The van der Waals surface area contributed by atoms with Gasteiger partial charge in [0.25, 0.3) is 0 Å². The summed E-state index contributed by atoms with van der Waals surface area (Å²) in [6, 6.07) is 2.66. The monoisotopic (exact) mass is 235 g/mol. The third kappa shape index (κ3) is 2.08. The third-order valence-electron chi connectivity index (χ3n) is 2.68. The fourth-order valence-corrected chi connectivity index (χ4v) is 1.87. The van der Waals surface area contributed by atoms with Crippen LogP contribution < -0.4 is 9.84 Å². The first kappa shape index (κ1) is 11.4. The van der Waals surface area contributed by atoms with Crippen LogP contribution in [0.2, 0.25) is 0 Å². The number of benzene rings is 1. The van der Waals surface area contributed by atoms with Gasteiger partial charge < -0.3 is 19.4 Å². The van der Waals surface area contributed by atoms with Crippen molar-refractivity contribution in [3.63, 3.8) is 0 Å². The maximum Gasteiger partial charge on any atom is 0.338 e. The van der Waals surface area contributed by atoms with E-state index in [4.69, 9.17) is 4.74 Å². The Kier molecular flexibility index (Phi) is 2.99. The van der Waals surface area contributed by atoms with Crippen LogP contribution in [0, 0.1) is 0 Å². The molecule has 90 valence electrons.